The van der Waals surface area contributed by atoms with Crippen LogP contribution in [-0.2, 0) is 9.59 Å². The average molecular weight is 277 g/mol. The first-order chi connectivity index (χ1) is 9.54. The smallest absolute Gasteiger partial charge is 0.260 e. The number of anilines is 1. The molecule has 1 aliphatic rings. The van der Waals surface area contributed by atoms with Gasteiger partial charge in [-0.3, -0.25) is 9.59 Å². The van der Waals surface area contributed by atoms with Gasteiger partial charge in [-0.25, -0.2) is 0 Å². The summed E-state index contributed by atoms with van der Waals surface area (Å²) in [6.07, 6.45) is 2.06. The number of hydrogen-bond donors (Lipinski definition) is 2. The van der Waals surface area contributed by atoms with Gasteiger partial charge in [-0.1, -0.05) is 0 Å². The molecule has 2 amide bonds. The Morgan fingerprint density at radius 3 is 2.60 bits per heavy atom. The van der Waals surface area contributed by atoms with Crippen LogP contribution < -0.4 is 15.8 Å². The van der Waals surface area contributed by atoms with Crippen LogP contribution in [0.15, 0.2) is 24.3 Å². The minimum Gasteiger partial charge on any atom is -0.484 e. The Morgan fingerprint density at radius 2 is 2.00 bits per heavy atom. The van der Waals surface area contributed by atoms with E-state index in [1.54, 1.807) is 31.3 Å². The summed E-state index contributed by atoms with van der Waals surface area (Å²) in [6.45, 7) is -0.0441. The second-order valence-electron chi connectivity index (χ2n) is 4.95. The highest BCUT2D eigenvalue weighted by molar-refractivity contribution is 5.85. The summed E-state index contributed by atoms with van der Waals surface area (Å²) in [5.41, 5.74) is 6.19. The van der Waals surface area contributed by atoms with E-state index in [0.717, 1.165) is 12.8 Å². The van der Waals surface area contributed by atoms with Crippen LogP contribution in [0, 0.1) is 0 Å². The van der Waals surface area contributed by atoms with Crippen LogP contribution in [0.5, 0.6) is 5.75 Å². The molecule has 20 heavy (non-hydrogen) atoms. The first-order valence-electron chi connectivity index (χ1n) is 6.56. The number of amides is 2. The van der Waals surface area contributed by atoms with Crippen molar-refractivity contribution in [3.05, 3.63) is 24.3 Å². The number of likely N-dealkylation sites (N-methyl/N-ethyl adjacent to an activating group) is 1. The van der Waals surface area contributed by atoms with Gasteiger partial charge in [0.1, 0.15) is 5.75 Å². The fraction of sp³-hybridized carbons (Fsp3) is 0.429. The molecule has 0 heterocycles. The highest BCUT2D eigenvalue weighted by atomic mass is 16.5. The standard InChI is InChI=1S/C14H19N3O3/c1-17(8-13(18)16-11-4-5-11)14(19)9-20-12-6-2-10(15)3-7-12/h2-3,6-7,11H,4-5,8-9,15H2,1H3,(H,16,18). The van der Waals surface area contributed by atoms with Gasteiger partial charge in [0.25, 0.3) is 5.91 Å². The van der Waals surface area contributed by atoms with Gasteiger partial charge in [-0.2, -0.15) is 0 Å². The summed E-state index contributed by atoms with van der Waals surface area (Å²) in [5.74, 6) is 0.201. The molecule has 6 nitrogen and oxygen atoms in total. The number of nitrogen functional groups attached to an aromatic ring is 1. The van der Waals surface area contributed by atoms with Crippen molar-refractivity contribution in [3.8, 4) is 5.75 Å². The van der Waals surface area contributed by atoms with Gasteiger partial charge in [0.15, 0.2) is 6.61 Å². The molecule has 0 atom stereocenters. The van der Waals surface area contributed by atoms with Crippen molar-refractivity contribution >= 4 is 17.5 Å². The third kappa shape index (κ3) is 4.46. The van der Waals surface area contributed by atoms with Gasteiger partial charge in [-0.15, -0.1) is 0 Å². The number of nitrogens with two attached hydrogens (primary N) is 1. The van der Waals surface area contributed by atoms with Crippen molar-refractivity contribution in [1.29, 1.82) is 0 Å². The number of hydrogen-bond acceptors (Lipinski definition) is 4. The van der Waals surface area contributed by atoms with Gasteiger partial charge in [0.2, 0.25) is 5.91 Å². The lowest BCUT2D eigenvalue weighted by Gasteiger charge is -2.17. The predicted octanol–water partition coefficient (Wildman–Crippen LogP) is 0.385. The summed E-state index contributed by atoms with van der Waals surface area (Å²) in [7, 11) is 1.58. The van der Waals surface area contributed by atoms with Crippen molar-refractivity contribution < 1.29 is 14.3 Å². The SMILES string of the molecule is CN(CC(=O)NC1CC1)C(=O)COc1ccc(N)cc1. The topological polar surface area (TPSA) is 84.7 Å². The van der Waals surface area contributed by atoms with Gasteiger partial charge in [-0.05, 0) is 37.1 Å². The highest BCUT2D eigenvalue weighted by Crippen LogP contribution is 2.18. The van der Waals surface area contributed by atoms with Gasteiger partial charge >= 0.3 is 0 Å². The van der Waals surface area contributed by atoms with Gasteiger partial charge < -0.3 is 20.7 Å². The molecule has 0 spiro atoms. The van der Waals surface area contributed by atoms with Crippen LogP contribution in [0.2, 0.25) is 0 Å². The molecule has 0 radical (unpaired) electrons. The van der Waals surface area contributed by atoms with Crippen LogP contribution in [-0.4, -0.2) is 43.0 Å². The number of ether oxygens (including phenoxy) is 1. The molecule has 1 aliphatic carbocycles. The maximum Gasteiger partial charge on any atom is 0.260 e. The minimum atomic E-state index is -0.243. The molecule has 108 valence electrons. The van der Waals surface area contributed by atoms with E-state index < -0.39 is 0 Å². The lowest BCUT2D eigenvalue weighted by atomic mass is 10.3. The maximum absolute atomic E-state index is 11.8. The van der Waals surface area contributed by atoms with Crippen LogP contribution in [0.4, 0.5) is 5.69 Å². The van der Waals surface area contributed by atoms with Crippen LogP contribution in [0.1, 0.15) is 12.8 Å². The zero-order valence-electron chi connectivity index (χ0n) is 11.5. The molecule has 0 aliphatic heterocycles. The third-order valence-corrected chi connectivity index (χ3v) is 2.99. The number of nitrogens with zero attached hydrogens (tertiary/aromatic N) is 1. The number of carbonyl (C=O) groups excluding carboxylic acids is 2. The molecule has 2 rings (SSSR count). The molecule has 6 heteroatoms. The fourth-order valence-corrected chi connectivity index (χ4v) is 1.62. The predicted molar refractivity (Wildman–Crippen MR) is 75.2 cm³/mol. The quantitative estimate of drug-likeness (QED) is 0.736. The second kappa shape index (κ2) is 6.27. The van der Waals surface area contributed by atoms with Crippen molar-refractivity contribution in [2.24, 2.45) is 0 Å². The molecule has 1 fully saturated rings. The minimum absolute atomic E-state index is 0.0560. The largest absolute Gasteiger partial charge is 0.484 e. The summed E-state index contributed by atoms with van der Waals surface area (Å²) in [4.78, 5) is 24.7. The molecular formula is C14H19N3O3. The second-order valence-corrected chi connectivity index (χ2v) is 4.95. The first kappa shape index (κ1) is 14.2. The Hall–Kier alpha value is -2.24. The van der Waals surface area contributed by atoms with E-state index in [1.165, 1.54) is 4.90 Å². The number of rotatable bonds is 6. The summed E-state index contributed by atoms with van der Waals surface area (Å²) in [5, 5.41) is 2.83. The molecule has 0 bridgehead atoms. The molecule has 1 saturated carbocycles. The van der Waals surface area contributed by atoms with Gasteiger partial charge in [0.05, 0.1) is 6.54 Å². The van der Waals surface area contributed by atoms with E-state index in [2.05, 4.69) is 5.32 Å². The maximum atomic E-state index is 11.8. The van der Waals surface area contributed by atoms with Crippen LogP contribution in [0.25, 0.3) is 0 Å². The number of benzene rings is 1. The molecule has 0 unspecified atom stereocenters. The van der Waals surface area contributed by atoms with E-state index in [-0.39, 0.29) is 25.0 Å². The van der Waals surface area contributed by atoms with Gasteiger partial charge in [0, 0.05) is 18.8 Å². The molecule has 0 saturated heterocycles. The summed E-state index contributed by atoms with van der Waals surface area (Å²) >= 11 is 0. The van der Waals surface area contributed by atoms with Crippen molar-refractivity contribution in [1.82, 2.24) is 10.2 Å². The lowest BCUT2D eigenvalue weighted by Crippen LogP contribution is -2.40. The van der Waals surface area contributed by atoms with Crippen molar-refractivity contribution in [2.75, 3.05) is 25.9 Å². The number of carbonyl (C=O) groups is 2. The molecule has 0 aromatic heterocycles. The van der Waals surface area contributed by atoms with E-state index >= 15 is 0 Å². The summed E-state index contributed by atoms with van der Waals surface area (Å²) < 4.78 is 5.34. The third-order valence-electron chi connectivity index (χ3n) is 2.99. The Morgan fingerprint density at radius 1 is 1.35 bits per heavy atom. The zero-order chi connectivity index (χ0) is 14.5. The Labute approximate surface area is 117 Å². The first-order valence-corrected chi connectivity index (χ1v) is 6.56. The molecule has 3 N–H and O–H groups in total. The van der Waals surface area contributed by atoms with Crippen LogP contribution in [0.3, 0.4) is 0 Å². The Balaban J connectivity index is 1.72. The van der Waals surface area contributed by atoms with E-state index in [9.17, 15) is 9.59 Å². The molecule has 1 aromatic carbocycles. The normalized spacial score (nSPS) is 13.7. The highest BCUT2D eigenvalue weighted by Gasteiger charge is 2.24. The molecular weight excluding hydrogens is 258 g/mol. The van der Waals surface area contributed by atoms with E-state index in [4.69, 9.17) is 10.5 Å². The summed E-state index contributed by atoms with van der Waals surface area (Å²) in [6, 6.07) is 7.10. The fourth-order valence-electron chi connectivity index (χ4n) is 1.62. The van der Waals surface area contributed by atoms with Crippen molar-refractivity contribution in [2.45, 2.75) is 18.9 Å². The lowest BCUT2D eigenvalue weighted by molar-refractivity contribution is -0.136. The van der Waals surface area contributed by atoms with E-state index in [1.807, 2.05) is 0 Å². The zero-order valence-corrected chi connectivity index (χ0v) is 11.5. The monoisotopic (exact) mass is 277 g/mol. The molecule has 1 aromatic rings. The Kier molecular flexibility index (Phi) is 4.45. The average Bonchev–Trinajstić information content (AvgIpc) is 3.21. The van der Waals surface area contributed by atoms with E-state index in [0.29, 0.717) is 17.5 Å². The number of nitrogens with one attached hydrogen (secondary N) is 1. The van der Waals surface area contributed by atoms with Crippen molar-refractivity contribution in [3.63, 3.8) is 0 Å². The van der Waals surface area contributed by atoms with Crippen LogP contribution >= 0.6 is 0 Å². The Bertz CT molecular complexity index is 483.